The van der Waals surface area contributed by atoms with Gasteiger partial charge in [-0.05, 0) is 5.92 Å². The van der Waals surface area contributed by atoms with Crippen LogP contribution in [0.2, 0.25) is 0 Å². The minimum Gasteiger partial charge on any atom is -0.481 e. The van der Waals surface area contributed by atoms with Crippen LogP contribution >= 0.6 is 0 Å². The molecule has 5 nitrogen and oxygen atoms in total. The maximum absolute atomic E-state index is 11.5. The van der Waals surface area contributed by atoms with E-state index in [1.807, 2.05) is 0 Å². The Morgan fingerprint density at radius 1 is 1.67 bits per heavy atom. The fourth-order valence-corrected chi connectivity index (χ4v) is 2.81. The van der Waals surface area contributed by atoms with Crippen LogP contribution in [-0.2, 0) is 14.8 Å². The molecule has 1 N–H and O–H groups in total. The van der Waals surface area contributed by atoms with E-state index in [4.69, 9.17) is 5.11 Å². The van der Waals surface area contributed by atoms with E-state index in [9.17, 15) is 13.2 Å². The summed E-state index contributed by atoms with van der Waals surface area (Å²) in [5.41, 5.74) is 0. The van der Waals surface area contributed by atoms with E-state index >= 15 is 0 Å². The van der Waals surface area contributed by atoms with Crippen molar-refractivity contribution < 1.29 is 18.3 Å². The van der Waals surface area contributed by atoms with Crippen LogP contribution < -0.4 is 0 Å². The number of aliphatic carboxylic acids is 1. The van der Waals surface area contributed by atoms with Crippen molar-refractivity contribution in [2.24, 2.45) is 11.8 Å². The van der Waals surface area contributed by atoms with Crippen LogP contribution in [-0.4, -0.2) is 42.6 Å². The number of sulfonamides is 1. The SMILES string of the molecule is C=CCS(=O)(=O)N1CC(C(C)C(=O)O)C1. The van der Waals surface area contributed by atoms with Crippen molar-refractivity contribution in [3.8, 4) is 0 Å². The first-order chi connectivity index (χ1) is 6.88. The quantitative estimate of drug-likeness (QED) is 0.686. The highest BCUT2D eigenvalue weighted by molar-refractivity contribution is 7.89. The van der Waals surface area contributed by atoms with Gasteiger partial charge in [0.25, 0.3) is 0 Å². The van der Waals surface area contributed by atoms with Gasteiger partial charge in [-0.2, -0.15) is 0 Å². The third-order valence-corrected chi connectivity index (χ3v) is 4.44. The van der Waals surface area contributed by atoms with Gasteiger partial charge in [-0.15, -0.1) is 6.58 Å². The minimum absolute atomic E-state index is 0.0675. The summed E-state index contributed by atoms with van der Waals surface area (Å²) in [4.78, 5) is 10.6. The Kier molecular flexibility index (Phi) is 3.51. The molecule has 1 saturated heterocycles. The van der Waals surface area contributed by atoms with Crippen molar-refractivity contribution in [2.75, 3.05) is 18.8 Å². The normalized spacial score (nSPS) is 20.6. The van der Waals surface area contributed by atoms with Crippen LogP contribution in [0.5, 0.6) is 0 Å². The summed E-state index contributed by atoms with van der Waals surface area (Å²) in [6.07, 6.45) is 1.34. The lowest BCUT2D eigenvalue weighted by atomic mass is 9.89. The number of hydrogen-bond donors (Lipinski definition) is 1. The van der Waals surface area contributed by atoms with Crippen LogP contribution in [0, 0.1) is 11.8 Å². The van der Waals surface area contributed by atoms with Gasteiger partial charge in [0.2, 0.25) is 10.0 Å². The van der Waals surface area contributed by atoms with Crippen LogP contribution in [0.25, 0.3) is 0 Å². The van der Waals surface area contributed by atoms with E-state index in [0.717, 1.165) is 0 Å². The summed E-state index contributed by atoms with van der Waals surface area (Å²) >= 11 is 0. The molecule has 0 amide bonds. The molecule has 1 rings (SSSR count). The second-order valence-electron chi connectivity index (χ2n) is 3.77. The number of carboxylic acid groups (broad SMARTS) is 1. The molecule has 0 aromatic rings. The molecule has 1 aliphatic rings. The molecule has 1 aliphatic heterocycles. The number of rotatable bonds is 5. The first kappa shape index (κ1) is 12.2. The van der Waals surface area contributed by atoms with E-state index in [1.54, 1.807) is 6.92 Å². The van der Waals surface area contributed by atoms with Crippen LogP contribution in [0.3, 0.4) is 0 Å². The molecule has 1 unspecified atom stereocenters. The molecule has 0 aromatic heterocycles. The van der Waals surface area contributed by atoms with Crippen molar-refractivity contribution in [2.45, 2.75) is 6.92 Å². The van der Waals surface area contributed by atoms with Gasteiger partial charge >= 0.3 is 5.97 Å². The van der Waals surface area contributed by atoms with Gasteiger partial charge in [-0.25, -0.2) is 12.7 Å². The summed E-state index contributed by atoms with van der Waals surface area (Å²) in [7, 11) is -3.24. The molecule has 6 heteroatoms. The van der Waals surface area contributed by atoms with Gasteiger partial charge in [-0.3, -0.25) is 4.79 Å². The van der Waals surface area contributed by atoms with E-state index in [2.05, 4.69) is 6.58 Å². The molecule has 0 aliphatic carbocycles. The lowest BCUT2D eigenvalue weighted by Crippen LogP contribution is -2.53. The fraction of sp³-hybridized carbons (Fsp3) is 0.667. The topological polar surface area (TPSA) is 74.7 Å². The number of hydrogen-bond acceptors (Lipinski definition) is 3. The molecule has 86 valence electrons. The summed E-state index contributed by atoms with van der Waals surface area (Å²) in [5.74, 6) is -1.51. The Morgan fingerprint density at radius 2 is 2.20 bits per heavy atom. The summed E-state index contributed by atoms with van der Waals surface area (Å²) < 4.78 is 24.2. The minimum atomic E-state index is -3.24. The molecule has 15 heavy (non-hydrogen) atoms. The largest absolute Gasteiger partial charge is 0.481 e. The van der Waals surface area contributed by atoms with Crippen LogP contribution in [0.4, 0.5) is 0 Å². The van der Waals surface area contributed by atoms with E-state index in [1.165, 1.54) is 10.4 Å². The van der Waals surface area contributed by atoms with Crippen molar-refractivity contribution >= 4 is 16.0 Å². The maximum atomic E-state index is 11.5. The van der Waals surface area contributed by atoms with Crippen molar-refractivity contribution in [1.82, 2.24) is 4.31 Å². The summed E-state index contributed by atoms with van der Waals surface area (Å²) in [6, 6.07) is 0. The number of carboxylic acids is 1. The van der Waals surface area contributed by atoms with Gasteiger partial charge in [0.15, 0.2) is 0 Å². The third-order valence-electron chi connectivity index (χ3n) is 2.69. The lowest BCUT2D eigenvalue weighted by Gasteiger charge is -2.39. The Hall–Kier alpha value is -0.880. The zero-order valence-corrected chi connectivity index (χ0v) is 9.40. The highest BCUT2D eigenvalue weighted by atomic mass is 32.2. The molecule has 1 fully saturated rings. The van der Waals surface area contributed by atoms with Crippen molar-refractivity contribution in [1.29, 1.82) is 0 Å². The predicted molar refractivity (Wildman–Crippen MR) is 55.8 cm³/mol. The zero-order chi connectivity index (χ0) is 11.6. The van der Waals surface area contributed by atoms with Gasteiger partial charge in [0.1, 0.15) is 0 Å². The van der Waals surface area contributed by atoms with Crippen molar-refractivity contribution in [3.63, 3.8) is 0 Å². The second kappa shape index (κ2) is 4.32. The summed E-state index contributed by atoms with van der Waals surface area (Å²) in [6.45, 7) is 5.59. The average Bonchev–Trinajstić information content (AvgIpc) is 1.99. The molecular weight excluding hydrogens is 218 g/mol. The molecule has 0 radical (unpaired) electrons. The van der Waals surface area contributed by atoms with Crippen LogP contribution in [0.1, 0.15) is 6.92 Å². The Morgan fingerprint density at radius 3 is 2.60 bits per heavy atom. The molecule has 1 heterocycles. The number of nitrogens with zero attached hydrogens (tertiary/aromatic N) is 1. The highest BCUT2D eigenvalue weighted by Crippen LogP contribution is 2.26. The Balaban J connectivity index is 2.51. The number of carbonyl (C=O) groups is 1. The molecule has 0 aromatic carbocycles. The van der Waals surface area contributed by atoms with Gasteiger partial charge in [0.05, 0.1) is 11.7 Å². The smallest absolute Gasteiger partial charge is 0.306 e. The van der Waals surface area contributed by atoms with E-state index in [0.29, 0.717) is 13.1 Å². The van der Waals surface area contributed by atoms with Gasteiger partial charge < -0.3 is 5.11 Å². The summed E-state index contributed by atoms with van der Waals surface area (Å²) in [5, 5.41) is 8.73. The standard InChI is InChI=1S/C9H15NO4S/c1-3-4-15(13,14)10-5-8(6-10)7(2)9(11)12/h3,7-8H,1,4-6H2,2H3,(H,11,12). The predicted octanol–water partition coefficient (Wildman–Crippen LogP) is 0.155. The van der Waals surface area contributed by atoms with E-state index in [-0.39, 0.29) is 11.7 Å². The molecule has 1 atom stereocenters. The molecule has 0 spiro atoms. The molecular formula is C9H15NO4S. The first-order valence-corrected chi connectivity index (χ1v) is 6.31. The highest BCUT2D eigenvalue weighted by Gasteiger charge is 2.39. The second-order valence-corrected chi connectivity index (χ2v) is 5.78. The maximum Gasteiger partial charge on any atom is 0.306 e. The average molecular weight is 233 g/mol. The molecule has 0 saturated carbocycles. The third kappa shape index (κ3) is 2.57. The molecule has 0 bridgehead atoms. The van der Waals surface area contributed by atoms with Gasteiger partial charge in [0, 0.05) is 13.1 Å². The van der Waals surface area contributed by atoms with Crippen LogP contribution in [0.15, 0.2) is 12.7 Å². The van der Waals surface area contributed by atoms with Crippen molar-refractivity contribution in [3.05, 3.63) is 12.7 Å². The first-order valence-electron chi connectivity index (χ1n) is 4.70. The lowest BCUT2D eigenvalue weighted by molar-refractivity contribution is -0.144. The Bertz CT molecular complexity index is 356. The fourth-order valence-electron chi connectivity index (χ4n) is 1.47. The Labute approximate surface area is 89.4 Å². The zero-order valence-electron chi connectivity index (χ0n) is 8.59. The monoisotopic (exact) mass is 233 g/mol. The van der Waals surface area contributed by atoms with Gasteiger partial charge in [-0.1, -0.05) is 13.0 Å². The van der Waals surface area contributed by atoms with E-state index < -0.39 is 21.9 Å².